The first-order valence-electron chi connectivity index (χ1n) is 9.36. The van der Waals surface area contributed by atoms with Crippen LogP contribution in [0.25, 0.3) is 22.0 Å². The van der Waals surface area contributed by atoms with Crippen molar-refractivity contribution >= 4 is 46.0 Å². The minimum Gasteiger partial charge on any atom is -0.480 e. The number of aromatic nitrogens is 3. The van der Waals surface area contributed by atoms with E-state index < -0.39 is 0 Å². The summed E-state index contributed by atoms with van der Waals surface area (Å²) in [5, 5.41) is 4.30. The summed E-state index contributed by atoms with van der Waals surface area (Å²) in [6, 6.07) is 10.7. The lowest BCUT2D eigenvalue weighted by Gasteiger charge is -2.13. The van der Waals surface area contributed by atoms with E-state index in [1.807, 2.05) is 19.1 Å². The van der Waals surface area contributed by atoms with Crippen molar-refractivity contribution in [3.63, 3.8) is 0 Å². The summed E-state index contributed by atoms with van der Waals surface area (Å²) in [6.07, 6.45) is 3.22. The molecule has 4 aromatic rings. The molecule has 0 saturated carbocycles. The molecule has 0 aliphatic heterocycles. The average Bonchev–Trinajstić information content (AvgIpc) is 2.78. The Hall–Kier alpha value is -3.10. The Bertz CT molecular complexity index is 1270. The molecular formula is C22H19ClFN5OS. The molecule has 0 amide bonds. The monoisotopic (exact) mass is 455 g/mol. The highest BCUT2D eigenvalue weighted by molar-refractivity contribution is 8.00. The fraction of sp³-hybridized carbons (Fsp3) is 0.136. The van der Waals surface area contributed by atoms with Crippen molar-refractivity contribution in [2.45, 2.75) is 11.8 Å². The molecule has 0 aliphatic carbocycles. The van der Waals surface area contributed by atoms with Crippen LogP contribution in [0.2, 0.25) is 5.02 Å². The van der Waals surface area contributed by atoms with Crippen LogP contribution in [0, 0.1) is 12.7 Å². The number of fused-ring (bicyclic) bond motifs is 1. The third-order valence-electron chi connectivity index (χ3n) is 4.68. The van der Waals surface area contributed by atoms with Gasteiger partial charge >= 0.3 is 0 Å². The Labute approximate surface area is 188 Å². The van der Waals surface area contributed by atoms with Crippen LogP contribution in [0.15, 0.2) is 53.7 Å². The van der Waals surface area contributed by atoms with Crippen molar-refractivity contribution in [2.75, 3.05) is 24.2 Å². The molecule has 6 nitrogen and oxygen atoms in total. The van der Waals surface area contributed by atoms with E-state index in [1.54, 1.807) is 37.5 Å². The quantitative estimate of drug-likeness (QED) is 0.347. The van der Waals surface area contributed by atoms with E-state index in [1.165, 1.54) is 25.3 Å². The molecule has 4 rings (SSSR count). The van der Waals surface area contributed by atoms with Gasteiger partial charge in [0.25, 0.3) is 0 Å². The number of nitrogens with one attached hydrogen (secondary N) is 2. The van der Waals surface area contributed by atoms with Gasteiger partial charge < -0.3 is 14.8 Å². The molecule has 158 valence electrons. The minimum atomic E-state index is -0.381. The first kappa shape index (κ1) is 21.1. The van der Waals surface area contributed by atoms with Crippen LogP contribution in [0.5, 0.6) is 5.88 Å². The Balaban J connectivity index is 1.68. The lowest BCUT2D eigenvalue weighted by Crippen LogP contribution is -1.98. The molecule has 0 fully saturated rings. The smallest absolute Gasteiger partial charge is 0.228 e. The van der Waals surface area contributed by atoms with Gasteiger partial charge in [0, 0.05) is 47.7 Å². The predicted molar refractivity (Wildman–Crippen MR) is 124 cm³/mol. The standard InChI is InChI=1S/C22H19ClFN5OS/c1-12-16(7-13-10-26-20(25-2)9-18(13)28-12)15-5-4-6-17(21(15)24)29-31-19-8-14(23)11-27-22(19)30-3/h4-11,29H,1-3H3,(H,25,26). The number of halogens is 2. The van der Waals surface area contributed by atoms with Gasteiger partial charge in [0.2, 0.25) is 5.88 Å². The third kappa shape index (κ3) is 4.35. The Morgan fingerprint density at radius 3 is 2.71 bits per heavy atom. The van der Waals surface area contributed by atoms with Crippen molar-refractivity contribution < 1.29 is 9.13 Å². The van der Waals surface area contributed by atoms with Crippen molar-refractivity contribution in [1.82, 2.24) is 15.0 Å². The van der Waals surface area contributed by atoms with Gasteiger partial charge in [-0.25, -0.2) is 14.4 Å². The van der Waals surface area contributed by atoms with Crippen molar-refractivity contribution in [3.8, 4) is 17.0 Å². The number of benzene rings is 1. The Morgan fingerprint density at radius 1 is 1.10 bits per heavy atom. The lowest BCUT2D eigenvalue weighted by atomic mass is 10.0. The van der Waals surface area contributed by atoms with E-state index in [0.717, 1.165) is 22.4 Å². The van der Waals surface area contributed by atoms with E-state index in [2.05, 4.69) is 25.0 Å². The molecule has 0 radical (unpaired) electrons. The number of ether oxygens (including phenoxy) is 1. The van der Waals surface area contributed by atoms with E-state index in [-0.39, 0.29) is 5.82 Å². The zero-order valence-electron chi connectivity index (χ0n) is 17.0. The summed E-state index contributed by atoms with van der Waals surface area (Å²) in [5.74, 6) is 0.752. The van der Waals surface area contributed by atoms with Crippen LogP contribution in [-0.2, 0) is 0 Å². The predicted octanol–water partition coefficient (Wildman–Crippen LogP) is 5.96. The Kier molecular flexibility index (Phi) is 6.11. The molecule has 0 atom stereocenters. The first-order valence-corrected chi connectivity index (χ1v) is 10.6. The van der Waals surface area contributed by atoms with E-state index >= 15 is 4.39 Å². The topological polar surface area (TPSA) is 72.0 Å². The number of anilines is 2. The maximum Gasteiger partial charge on any atom is 0.228 e. The van der Waals surface area contributed by atoms with Crippen LogP contribution in [0.4, 0.5) is 15.9 Å². The number of methoxy groups -OCH3 is 1. The second kappa shape index (κ2) is 8.95. The summed E-state index contributed by atoms with van der Waals surface area (Å²) in [5.41, 5.74) is 3.01. The number of hydrogen-bond donors (Lipinski definition) is 2. The highest BCUT2D eigenvalue weighted by Crippen LogP contribution is 2.35. The number of nitrogens with zero attached hydrogens (tertiary/aromatic N) is 3. The van der Waals surface area contributed by atoms with Gasteiger partial charge in [-0.2, -0.15) is 0 Å². The van der Waals surface area contributed by atoms with Gasteiger partial charge in [0.05, 0.1) is 28.2 Å². The molecule has 1 aromatic carbocycles. The van der Waals surface area contributed by atoms with Crippen molar-refractivity contribution in [1.29, 1.82) is 0 Å². The normalized spacial score (nSPS) is 10.9. The second-order valence-corrected chi connectivity index (χ2v) is 7.95. The fourth-order valence-corrected chi connectivity index (χ4v) is 4.15. The highest BCUT2D eigenvalue weighted by Gasteiger charge is 2.15. The van der Waals surface area contributed by atoms with Crippen LogP contribution in [-0.4, -0.2) is 29.1 Å². The first-order chi connectivity index (χ1) is 15.0. The average molecular weight is 456 g/mol. The van der Waals surface area contributed by atoms with E-state index in [9.17, 15) is 0 Å². The third-order valence-corrected chi connectivity index (χ3v) is 5.72. The zero-order valence-corrected chi connectivity index (χ0v) is 18.6. The SMILES string of the molecule is CNc1cc2nc(C)c(-c3cccc(NSc4cc(Cl)cnc4OC)c3F)cc2cn1. The summed E-state index contributed by atoms with van der Waals surface area (Å²) < 4.78 is 23.7. The molecule has 31 heavy (non-hydrogen) atoms. The maximum absolute atomic E-state index is 15.4. The molecule has 3 aromatic heterocycles. The lowest BCUT2D eigenvalue weighted by molar-refractivity contribution is 0.387. The Morgan fingerprint density at radius 2 is 1.94 bits per heavy atom. The van der Waals surface area contributed by atoms with Gasteiger partial charge in [0.15, 0.2) is 5.82 Å². The summed E-state index contributed by atoms with van der Waals surface area (Å²) in [6.45, 7) is 1.87. The van der Waals surface area contributed by atoms with Crippen LogP contribution < -0.4 is 14.8 Å². The zero-order chi connectivity index (χ0) is 22.0. The van der Waals surface area contributed by atoms with Crippen LogP contribution in [0.3, 0.4) is 0 Å². The second-order valence-electron chi connectivity index (χ2n) is 6.67. The molecule has 2 N–H and O–H groups in total. The van der Waals surface area contributed by atoms with Crippen molar-refractivity contribution in [2.24, 2.45) is 0 Å². The van der Waals surface area contributed by atoms with Gasteiger partial charge in [0.1, 0.15) is 5.82 Å². The van der Waals surface area contributed by atoms with Gasteiger partial charge in [-0.1, -0.05) is 23.7 Å². The number of aryl methyl sites for hydroxylation is 1. The molecule has 0 bridgehead atoms. The van der Waals surface area contributed by atoms with Crippen LogP contribution >= 0.6 is 23.5 Å². The van der Waals surface area contributed by atoms with Gasteiger partial charge in [-0.05, 0) is 37.1 Å². The summed E-state index contributed by atoms with van der Waals surface area (Å²) in [4.78, 5) is 13.7. The fourth-order valence-electron chi connectivity index (χ4n) is 3.14. The van der Waals surface area contributed by atoms with E-state index in [0.29, 0.717) is 32.6 Å². The minimum absolute atomic E-state index is 0.327. The number of rotatable bonds is 6. The highest BCUT2D eigenvalue weighted by atomic mass is 35.5. The molecule has 0 spiro atoms. The molecule has 3 heterocycles. The largest absolute Gasteiger partial charge is 0.480 e. The molecule has 9 heteroatoms. The molecule has 0 saturated heterocycles. The molecular weight excluding hydrogens is 437 g/mol. The molecule has 0 aliphatic rings. The number of hydrogen-bond acceptors (Lipinski definition) is 7. The molecule has 0 unspecified atom stereocenters. The van der Waals surface area contributed by atoms with Crippen molar-refractivity contribution in [3.05, 3.63) is 65.3 Å². The maximum atomic E-state index is 15.4. The summed E-state index contributed by atoms with van der Waals surface area (Å²) >= 11 is 7.20. The number of pyridine rings is 3. The van der Waals surface area contributed by atoms with Crippen LogP contribution in [0.1, 0.15) is 5.69 Å². The van der Waals surface area contributed by atoms with Gasteiger partial charge in [-0.15, -0.1) is 0 Å². The van der Waals surface area contributed by atoms with Gasteiger partial charge in [-0.3, -0.25) is 4.98 Å². The van der Waals surface area contributed by atoms with E-state index in [4.69, 9.17) is 16.3 Å². The summed E-state index contributed by atoms with van der Waals surface area (Å²) in [7, 11) is 3.32.